The maximum Gasteiger partial charge on any atom is 0.250 e. The van der Waals surface area contributed by atoms with Gasteiger partial charge in [-0.2, -0.15) is 4.31 Å². The number of nitrogens with one attached hydrogen (secondary N) is 1. The summed E-state index contributed by atoms with van der Waals surface area (Å²) in [6.45, 7) is 0.232. The number of nitrogens with zero attached hydrogens (tertiary/aromatic N) is 1. The SMILES string of the molecule is NC(=O)C12CC3CC(C1)C(NC(=O)C1CN(S(=O)(=O)c4ccccc4Cl)CCO1)C(C3)C2. The van der Waals surface area contributed by atoms with Crippen LogP contribution in [0.1, 0.15) is 32.1 Å². The van der Waals surface area contributed by atoms with Crippen LogP contribution in [-0.2, 0) is 24.3 Å². The van der Waals surface area contributed by atoms with E-state index in [1.54, 1.807) is 12.1 Å². The van der Waals surface area contributed by atoms with Crippen molar-refractivity contribution in [3.63, 3.8) is 0 Å². The van der Waals surface area contributed by atoms with E-state index in [0.717, 1.165) is 32.1 Å². The van der Waals surface area contributed by atoms with Crippen molar-refractivity contribution in [1.29, 1.82) is 0 Å². The minimum absolute atomic E-state index is 0.0225. The second kappa shape index (κ2) is 7.97. The van der Waals surface area contributed by atoms with E-state index in [1.165, 1.54) is 16.4 Å². The highest BCUT2D eigenvalue weighted by molar-refractivity contribution is 7.89. The summed E-state index contributed by atoms with van der Waals surface area (Å²) in [6.07, 6.45) is 3.42. The first kappa shape index (κ1) is 22.1. The van der Waals surface area contributed by atoms with Crippen LogP contribution in [0.5, 0.6) is 0 Å². The molecule has 5 fully saturated rings. The van der Waals surface area contributed by atoms with E-state index in [0.29, 0.717) is 5.92 Å². The zero-order valence-corrected chi connectivity index (χ0v) is 19.3. The lowest BCUT2D eigenvalue weighted by Crippen LogP contribution is -2.63. The van der Waals surface area contributed by atoms with Crippen molar-refractivity contribution in [3.8, 4) is 0 Å². The van der Waals surface area contributed by atoms with Crippen molar-refractivity contribution >= 4 is 33.4 Å². The van der Waals surface area contributed by atoms with Gasteiger partial charge in [0.1, 0.15) is 11.0 Å². The van der Waals surface area contributed by atoms with E-state index in [9.17, 15) is 18.0 Å². The number of nitrogens with two attached hydrogens (primary N) is 1. The van der Waals surface area contributed by atoms with Crippen molar-refractivity contribution < 1.29 is 22.7 Å². The molecule has 4 saturated carbocycles. The number of carbonyl (C=O) groups is 2. The Labute approximate surface area is 192 Å². The van der Waals surface area contributed by atoms with Gasteiger partial charge in [0, 0.05) is 24.5 Å². The smallest absolute Gasteiger partial charge is 0.250 e. The number of amides is 2. The number of sulfonamides is 1. The molecule has 3 N–H and O–H groups in total. The van der Waals surface area contributed by atoms with Crippen LogP contribution in [0.25, 0.3) is 0 Å². The Hall–Kier alpha value is -1.68. The molecule has 32 heavy (non-hydrogen) atoms. The molecular weight excluding hydrogens is 454 g/mol. The van der Waals surface area contributed by atoms with Gasteiger partial charge in [0.15, 0.2) is 0 Å². The Morgan fingerprint density at radius 3 is 2.50 bits per heavy atom. The fourth-order valence-electron chi connectivity index (χ4n) is 6.61. The first-order valence-electron chi connectivity index (χ1n) is 11.2. The molecule has 1 saturated heterocycles. The molecule has 3 atom stereocenters. The summed E-state index contributed by atoms with van der Waals surface area (Å²) >= 11 is 6.11. The molecule has 1 aromatic rings. The van der Waals surface area contributed by atoms with Gasteiger partial charge >= 0.3 is 0 Å². The van der Waals surface area contributed by atoms with Gasteiger partial charge in [0.25, 0.3) is 5.91 Å². The quantitative estimate of drug-likeness (QED) is 0.661. The molecule has 174 valence electrons. The van der Waals surface area contributed by atoms with E-state index in [1.807, 2.05) is 0 Å². The van der Waals surface area contributed by atoms with Crippen LogP contribution in [-0.4, -0.2) is 56.4 Å². The minimum atomic E-state index is -3.84. The van der Waals surface area contributed by atoms with Crippen LogP contribution in [0.15, 0.2) is 29.2 Å². The summed E-state index contributed by atoms with van der Waals surface area (Å²) in [5.41, 5.74) is 5.33. The van der Waals surface area contributed by atoms with Gasteiger partial charge in [-0.3, -0.25) is 9.59 Å². The number of hydrogen-bond donors (Lipinski definition) is 2. The van der Waals surface area contributed by atoms with Crippen LogP contribution in [0.3, 0.4) is 0 Å². The molecule has 0 aromatic heterocycles. The van der Waals surface area contributed by atoms with Crippen molar-refractivity contribution in [2.45, 2.75) is 49.1 Å². The van der Waals surface area contributed by atoms with Crippen LogP contribution in [0.2, 0.25) is 5.02 Å². The summed E-state index contributed by atoms with van der Waals surface area (Å²) in [7, 11) is -3.84. The van der Waals surface area contributed by atoms with Crippen molar-refractivity contribution in [1.82, 2.24) is 9.62 Å². The number of morpholine rings is 1. The lowest BCUT2D eigenvalue weighted by molar-refractivity contribution is -0.150. The highest BCUT2D eigenvalue weighted by Gasteiger charge is 2.58. The lowest BCUT2D eigenvalue weighted by Gasteiger charge is -2.59. The molecule has 8 nitrogen and oxygen atoms in total. The van der Waals surface area contributed by atoms with E-state index in [-0.39, 0.29) is 59.3 Å². The van der Waals surface area contributed by atoms with Crippen LogP contribution < -0.4 is 11.1 Å². The number of hydrogen-bond acceptors (Lipinski definition) is 5. The molecule has 10 heteroatoms. The predicted octanol–water partition coefficient (Wildman–Crippen LogP) is 1.53. The molecule has 6 rings (SSSR count). The number of primary amides is 1. The Balaban J connectivity index is 1.28. The molecule has 1 heterocycles. The van der Waals surface area contributed by atoms with Crippen molar-refractivity contribution in [2.75, 3.05) is 19.7 Å². The molecule has 3 unspecified atom stereocenters. The van der Waals surface area contributed by atoms with E-state index < -0.39 is 21.5 Å². The second-order valence-corrected chi connectivity index (χ2v) is 12.1. The Morgan fingerprint density at radius 1 is 1.16 bits per heavy atom. The number of rotatable bonds is 5. The van der Waals surface area contributed by atoms with Crippen LogP contribution >= 0.6 is 11.6 Å². The third kappa shape index (κ3) is 3.63. The van der Waals surface area contributed by atoms with Crippen LogP contribution in [0, 0.1) is 23.2 Å². The molecule has 1 aromatic carbocycles. The number of ether oxygens (including phenoxy) is 1. The topological polar surface area (TPSA) is 119 Å². The number of carbonyl (C=O) groups excluding carboxylic acids is 2. The highest BCUT2D eigenvalue weighted by atomic mass is 35.5. The molecule has 4 aliphatic carbocycles. The van der Waals surface area contributed by atoms with Crippen molar-refractivity contribution in [2.24, 2.45) is 28.9 Å². The summed E-state index contributed by atoms with van der Waals surface area (Å²) in [5, 5.41) is 3.30. The van der Waals surface area contributed by atoms with E-state index in [2.05, 4.69) is 5.32 Å². The summed E-state index contributed by atoms with van der Waals surface area (Å²) < 4.78 is 33.1. The lowest BCUT2D eigenvalue weighted by atomic mass is 9.47. The van der Waals surface area contributed by atoms with E-state index in [4.69, 9.17) is 22.1 Å². The van der Waals surface area contributed by atoms with Gasteiger partial charge in [-0.15, -0.1) is 0 Å². The number of halogens is 1. The van der Waals surface area contributed by atoms with Gasteiger partial charge in [0.2, 0.25) is 15.9 Å². The Morgan fingerprint density at radius 2 is 1.84 bits per heavy atom. The molecular formula is C22H28ClN3O5S. The summed E-state index contributed by atoms with van der Waals surface area (Å²) in [5.74, 6) is 0.441. The van der Waals surface area contributed by atoms with Gasteiger partial charge < -0.3 is 15.8 Å². The molecule has 0 radical (unpaired) electrons. The van der Waals surface area contributed by atoms with E-state index >= 15 is 0 Å². The van der Waals surface area contributed by atoms with Gasteiger partial charge in [-0.1, -0.05) is 23.7 Å². The maximum absolute atomic E-state index is 13.1. The molecule has 0 spiro atoms. The third-order valence-electron chi connectivity index (χ3n) is 7.88. The zero-order chi connectivity index (χ0) is 22.7. The minimum Gasteiger partial charge on any atom is -0.369 e. The first-order valence-corrected chi connectivity index (χ1v) is 13.0. The summed E-state index contributed by atoms with van der Waals surface area (Å²) in [6, 6.07) is 6.26. The molecule has 4 bridgehead atoms. The normalized spacial score (nSPS) is 36.7. The van der Waals surface area contributed by atoms with Gasteiger partial charge in [-0.25, -0.2) is 8.42 Å². The molecule has 5 aliphatic rings. The third-order valence-corrected chi connectivity index (χ3v) is 10.2. The van der Waals surface area contributed by atoms with Gasteiger partial charge in [-0.05, 0) is 62.0 Å². The predicted molar refractivity (Wildman–Crippen MR) is 117 cm³/mol. The fourth-order valence-corrected chi connectivity index (χ4v) is 8.53. The first-order chi connectivity index (χ1) is 15.2. The average Bonchev–Trinajstić information content (AvgIpc) is 2.76. The maximum atomic E-state index is 13.1. The Bertz CT molecular complexity index is 1030. The largest absolute Gasteiger partial charge is 0.369 e. The standard InChI is InChI=1S/C22H28ClN3O5S/c23-16-3-1-2-4-18(16)32(29,30)26-5-6-31-17(12-26)20(27)25-19-14-7-13-8-15(19)11-22(9-13,10-14)21(24)28/h1-4,13-15,17,19H,5-12H2,(H2,24,28)(H,25,27). The Kier molecular flexibility index (Phi) is 5.51. The van der Waals surface area contributed by atoms with Crippen LogP contribution in [0.4, 0.5) is 0 Å². The molecule has 2 amide bonds. The summed E-state index contributed by atoms with van der Waals surface area (Å²) in [4.78, 5) is 25.3. The highest BCUT2D eigenvalue weighted by Crippen LogP contribution is 2.59. The van der Waals surface area contributed by atoms with Gasteiger partial charge in [0.05, 0.1) is 11.6 Å². The van der Waals surface area contributed by atoms with Crippen molar-refractivity contribution in [3.05, 3.63) is 29.3 Å². The molecule has 1 aliphatic heterocycles. The zero-order valence-electron chi connectivity index (χ0n) is 17.7. The average molecular weight is 482 g/mol. The number of benzene rings is 1. The fraction of sp³-hybridized carbons (Fsp3) is 0.636. The monoisotopic (exact) mass is 481 g/mol. The second-order valence-electron chi connectivity index (χ2n) is 9.80.